The van der Waals surface area contributed by atoms with Gasteiger partial charge in [0.15, 0.2) is 0 Å². The van der Waals surface area contributed by atoms with Crippen molar-refractivity contribution in [1.29, 1.82) is 0 Å². The summed E-state index contributed by atoms with van der Waals surface area (Å²) < 4.78 is 0. The highest BCUT2D eigenvalue weighted by atomic mass is 16.2. The van der Waals surface area contributed by atoms with Crippen molar-refractivity contribution in [2.45, 2.75) is 51.5 Å². The Morgan fingerprint density at radius 1 is 1.10 bits per heavy atom. The van der Waals surface area contributed by atoms with Gasteiger partial charge in [0, 0.05) is 13.1 Å². The largest absolute Gasteiger partial charge is 0.341 e. The number of hydrogen-bond acceptors (Lipinski definition) is 2. The highest BCUT2D eigenvalue weighted by Crippen LogP contribution is 2.46. The maximum absolute atomic E-state index is 12.6. The van der Waals surface area contributed by atoms with Crippen LogP contribution in [0.15, 0.2) is 24.3 Å². The highest BCUT2D eigenvalue weighted by Gasteiger charge is 2.38. The third-order valence-corrected chi connectivity index (χ3v) is 5.50. The first-order valence-electron chi connectivity index (χ1n) is 8.21. The van der Waals surface area contributed by atoms with Crippen molar-refractivity contribution in [2.24, 2.45) is 11.1 Å². The van der Waals surface area contributed by atoms with E-state index in [1.165, 1.54) is 44.1 Å². The molecule has 2 fully saturated rings. The molecule has 1 amide bonds. The van der Waals surface area contributed by atoms with E-state index in [-0.39, 0.29) is 5.91 Å². The number of nitrogens with two attached hydrogens (primary N) is 1. The molecule has 2 N–H and O–H groups in total. The minimum atomic E-state index is -0.511. The van der Waals surface area contributed by atoms with Crippen molar-refractivity contribution < 1.29 is 4.79 Å². The maximum Gasteiger partial charge on any atom is 0.244 e. The molecular formula is C18H26N2O. The summed E-state index contributed by atoms with van der Waals surface area (Å²) in [6, 6.07) is 7.47. The van der Waals surface area contributed by atoms with E-state index >= 15 is 0 Å². The molecule has 114 valence electrons. The molecule has 1 heterocycles. The van der Waals surface area contributed by atoms with Gasteiger partial charge in [-0.25, -0.2) is 0 Å². The van der Waals surface area contributed by atoms with Crippen molar-refractivity contribution in [1.82, 2.24) is 4.90 Å². The van der Waals surface area contributed by atoms with Crippen molar-refractivity contribution in [3.8, 4) is 0 Å². The van der Waals surface area contributed by atoms with Gasteiger partial charge in [0.1, 0.15) is 6.04 Å². The summed E-state index contributed by atoms with van der Waals surface area (Å²) in [4.78, 5) is 14.6. The summed E-state index contributed by atoms with van der Waals surface area (Å²) >= 11 is 0. The number of likely N-dealkylation sites (tertiary alicyclic amines) is 1. The fourth-order valence-electron chi connectivity index (χ4n) is 3.94. The molecule has 1 saturated carbocycles. The lowest BCUT2D eigenvalue weighted by Gasteiger charge is -2.40. The molecule has 1 aliphatic heterocycles. The molecule has 3 nitrogen and oxygen atoms in total. The van der Waals surface area contributed by atoms with E-state index in [0.29, 0.717) is 5.41 Å². The van der Waals surface area contributed by atoms with Crippen LogP contribution < -0.4 is 5.73 Å². The summed E-state index contributed by atoms with van der Waals surface area (Å²) in [6.07, 6.45) is 7.80. The lowest BCUT2D eigenvalue weighted by molar-refractivity contribution is -0.135. The third kappa shape index (κ3) is 2.98. The molecule has 21 heavy (non-hydrogen) atoms. The zero-order valence-electron chi connectivity index (χ0n) is 13.0. The smallest absolute Gasteiger partial charge is 0.244 e. The van der Waals surface area contributed by atoms with Gasteiger partial charge in [-0.05, 0) is 43.6 Å². The molecule has 1 aromatic carbocycles. The number of carbonyl (C=O) groups is 1. The Kier molecular flexibility index (Phi) is 4.03. The highest BCUT2D eigenvalue weighted by molar-refractivity contribution is 5.83. The summed E-state index contributed by atoms with van der Waals surface area (Å²) in [5, 5.41) is 0. The normalized spacial score (nSPS) is 22.5. The number of benzene rings is 1. The first-order valence-corrected chi connectivity index (χ1v) is 8.21. The van der Waals surface area contributed by atoms with E-state index in [4.69, 9.17) is 5.73 Å². The number of nitrogens with zero attached hydrogens (tertiary/aromatic N) is 1. The van der Waals surface area contributed by atoms with Crippen LogP contribution in [-0.4, -0.2) is 23.9 Å². The first-order chi connectivity index (χ1) is 10.1. The molecule has 3 heteroatoms. The zero-order valence-corrected chi connectivity index (χ0v) is 13.0. The Morgan fingerprint density at radius 3 is 2.24 bits per heavy atom. The molecule has 1 unspecified atom stereocenters. The molecule has 1 aromatic rings. The van der Waals surface area contributed by atoms with Crippen LogP contribution in [0, 0.1) is 12.3 Å². The molecule has 0 radical (unpaired) electrons. The lowest BCUT2D eigenvalue weighted by atomic mass is 9.77. The lowest BCUT2D eigenvalue weighted by Crippen LogP contribution is -2.45. The Labute approximate surface area is 127 Å². The number of carbonyl (C=O) groups excluding carboxylic acids is 1. The SMILES string of the molecule is Cc1ccc(C(N)C(=O)N2CCC3(CCCC3)CC2)cc1. The number of amides is 1. The fourth-order valence-corrected chi connectivity index (χ4v) is 3.94. The van der Waals surface area contributed by atoms with Crippen LogP contribution in [0.1, 0.15) is 55.7 Å². The summed E-state index contributed by atoms with van der Waals surface area (Å²) in [6.45, 7) is 3.82. The van der Waals surface area contributed by atoms with Gasteiger partial charge >= 0.3 is 0 Å². The van der Waals surface area contributed by atoms with Gasteiger partial charge in [0.2, 0.25) is 5.91 Å². The molecule has 1 atom stereocenters. The van der Waals surface area contributed by atoms with Gasteiger partial charge in [-0.1, -0.05) is 42.7 Å². The molecule has 0 aromatic heterocycles. The average molecular weight is 286 g/mol. The van der Waals surface area contributed by atoms with E-state index < -0.39 is 6.04 Å². The Hall–Kier alpha value is -1.35. The predicted octanol–water partition coefficient (Wildman–Crippen LogP) is 3.18. The Bertz CT molecular complexity index is 492. The van der Waals surface area contributed by atoms with Crippen LogP contribution in [0.25, 0.3) is 0 Å². The van der Waals surface area contributed by atoms with Crippen molar-refractivity contribution in [3.63, 3.8) is 0 Å². The van der Waals surface area contributed by atoms with Crippen LogP contribution >= 0.6 is 0 Å². The minimum Gasteiger partial charge on any atom is -0.341 e. The summed E-state index contributed by atoms with van der Waals surface area (Å²) in [5.41, 5.74) is 8.84. The number of aryl methyl sites for hydroxylation is 1. The van der Waals surface area contributed by atoms with Crippen LogP contribution in [0.3, 0.4) is 0 Å². The van der Waals surface area contributed by atoms with Gasteiger partial charge < -0.3 is 10.6 Å². The van der Waals surface area contributed by atoms with E-state index in [1.807, 2.05) is 36.1 Å². The Balaban J connectivity index is 1.62. The van der Waals surface area contributed by atoms with Gasteiger partial charge in [0.25, 0.3) is 0 Å². The third-order valence-electron chi connectivity index (χ3n) is 5.50. The van der Waals surface area contributed by atoms with Crippen molar-refractivity contribution >= 4 is 5.91 Å². The van der Waals surface area contributed by atoms with E-state index in [2.05, 4.69) is 0 Å². The topological polar surface area (TPSA) is 46.3 Å². The van der Waals surface area contributed by atoms with Gasteiger partial charge in [-0.3, -0.25) is 4.79 Å². The molecule has 3 rings (SSSR count). The number of piperidine rings is 1. The average Bonchev–Trinajstić information content (AvgIpc) is 2.96. The van der Waals surface area contributed by atoms with Crippen LogP contribution in [0.4, 0.5) is 0 Å². The quantitative estimate of drug-likeness (QED) is 0.907. The molecule has 1 saturated heterocycles. The fraction of sp³-hybridized carbons (Fsp3) is 0.611. The molecule has 1 spiro atoms. The van der Waals surface area contributed by atoms with Gasteiger partial charge in [-0.15, -0.1) is 0 Å². The second kappa shape index (κ2) is 5.80. The second-order valence-corrected chi connectivity index (χ2v) is 6.92. The van der Waals surface area contributed by atoms with Crippen LogP contribution in [-0.2, 0) is 4.79 Å². The number of hydrogen-bond donors (Lipinski definition) is 1. The standard InChI is InChI=1S/C18H26N2O/c1-14-4-6-15(7-5-14)16(19)17(21)20-12-10-18(11-13-20)8-2-3-9-18/h4-7,16H,2-3,8-13,19H2,1H3. The van der Waals surface area contributed by atoms with Crippen LogP contribution in [0.5, 0.6) is 0 Å². The second-order valence-electron chi connectivity index (χ2n) is 6.92. The molecule has 2 aliphatic rings. The van der Waals surface area contributed by atoms with E-state index in [0.717, 1.165) is 18.7 Å². The monoisotopic (exact) mass is 286 g/mol. The predicted molar refractivity (Wildman–Crippen MR) is 84.8 cm³/mol. The minimum absolute atomic E-state index is 0.0895. The van der Waals surface area contributed by atoms with E-state index in [1.54, 1.807) is 0 Å². The van der Waals surface area contributed by atoms with Crippen molar-refractivity contribution in [2.75, 3.05) is 13.1 Å². The summed E-state index contributed by atoms with van der Waals surface area (Å²) in [5.74, 6) is 0.0895. The van der Waals surface area contributed by atoms with Gasteiger partial charge in [-0.2, -0.15) is 0 Å². The maximum atomic E-state index is 12.6. The van der Waals surface area contributed by atoms with Gasteiger partial charge in [0.05, 0.1) is 0 Å². The molecule has 1 aliphatic carbocycles. The van der Waals surface area contributed by atoms with E-state index in [9.17, 15) is 4.79 Å². The van der Waals surface area contributed by atoms with Crippen molar-refractivity contribution in [3.05, 3.63) is 35.4 Å². The van der Waals surface area contributed by atoms with Crippen LogP contribution in [0.2, 0.25) is 0 Å². The Morgan fingerprint density at radius 2 is 1.67 bits per heavy atom. The zero-order chi connectivity index (χ0) is 14.9. The first kappa shape index (κ1) is 14.6. The molecular weight excluding hydrogens is 260 g/mol. The summed E-state index contributed by atoms with van der Waals surface area (Å²) in [7, 11) is 0. The number of rotatable bonds is 2. The molecule has 0 bridgehead atoms.